The fourth-order valence-corrected chi connectivity index (χ4v) is 3.13. The quantitative estimate of drug-likeness (QED) is 0.635. The van der Waals surface area contributed by atoms with Crippen molar-refractivity contribution in [1.29, 1.82) is 0 Å². The maximum atomic E-state index is 11.3. The molecule has 0 spiro atoms. The summed E-state index contributed by atoms with van der Waals surface area (Å²) in [6.45, 7) is 0. The van der Waals surface area contributed by atoms with Gasteiger partial charge < -0.3 is 0 Å². The minimum Gasteiger partial charge on any atom is -0.257 e. The number of sulfonamides is 1. The van der Waals surface area contributed by atoms with Gasteiger partial charge in [0.1, 0.15) is 0 Å². The van der Waals surface area contributed by atoms with Gasteiger partial charge in [-0.3, -0.25) is 5.84 Å². The Balaban J connectivity index is 3.33. The van der Waals surface area contributed by atoms with Crippen molar-refractivity contribution < 1.29 is 8.42 Å². The molecule has 0 radical (unpaired) electrons. The highest BCUT2D eigenvalue weighted by molar-refractivity contribution is 9.11. The second kappa shape index (κ2) is 4.05. The van der Waals surface area contributed by atoms with Crippen molar-refractivity contribution in [3.8, 4) is 0 Å². The van der Waals surface area contributed by atoms with Crippen LogP contribution in [0.1, 0.15) is 0 Å². The van der Waals surface area contributed by atoms with E-state index in [1.807, 2.05) is 0 Å². The third-order valence-corrected chi connectivity index (χ3v) is 4.00. The average Bonchev–Trinajstić information content (AvgIpc) is 2.03. The van der Waals surface area contributed by atoms with Crippen LogP contribution in [0, 0.1) is 0 Å². The monoisotopic (exact) mass is 328 g/mol. The minimum atomic E-state index is -3.59. The second-order valence-corrected chi connectivity index (χ2v) is 5.65. The number of benzene rings is 1. The van der Waals surface area contributed by atoms with Crippen LogP contribution in [-0.4, -0.2) is 8.42 Å². The van der Waals surface area contributed by atoms with Crippen molar-refractivity contribution in [2.24, 2.45) is 5.84 Å². The van der Waals surface area contributed by atoms with Gasteiger partial charge in [-0.15, -0.1) is 0 Å². The molecular weight excluding hydrogens is 324 g/mol. The van der Waals surface area contributed by atoms with Crippen molar-refractivity contribution in [2.75, 3.05) is 0 Å². The Hall–Kier alpha value is 0.0500. The summed E-state index contributed by atoms with van der Waals surface area (Å²) in [5.41, 5.74) is 0. The summed E-state index contributed by atoms with van der Waals surface area (Å²) in [7, 11) is -3.59. The van der Waals surface area contributed by atoms with Crippen LogP contribution in [-0.2, 0) is 10.0 Å². The molecule has 13 heavy (non-hydrogen) atoms. The molecule has 1 aromatic rings. The fraction of sp³-hybridized carbons (Fsp3) is 0. The van der Waals surface area contributed by atoms with Gasteiger partial charge in [-0.2, -0.15) is 4.83 Å². The average molecular weight is 330 g/mol. The van der Waals surface area contributed by atoms with Gasteiger partial charge in [0.05, 0.1) is 4.90 Å². The molecule has 0 unspecified atom stereocenters. The van der Waals surface area contributed by atoms with E-state index in [9.17, 15) is 8.42 Å². The van der Waals surface area contributed by atoms with Gasteiger partial charge >= 0.3 is 0 Å². The van der Waals surface area contributed by atoms with E-state index >= 15 is 0 Å². The molecule has 4 nitrogen and oxygen atoms in total. The van der Waals surface area contributed by atoms with Crippen LogP contribution in [0.3, 0.4) is 0 Å². The van der Waals surface area contributed by atoms with Gasteiger partial charge in [0, 0.05) is 8.95 Å². The number of nitrogens with one attached hydrogen (secondary N) is 1. The van der Waals surface area contributed by atoms with Crippen LogP contribution in [0.2, 0.25) is 0 Å². The summed E-state index contributed by atoms with van der Waals surface area (Å²) >= 11 is 6.33. The van der Waals surface area contributed by atoms with E-state index in [1.165, 1.54) is 6.07 Å². The number of hydrogen-bond donors (Lipinski definition) is 2. The Morgan fingerprint density at radius 2 is 1.92 bits per heavy atom. The lowest BCUT2D eigenvalue weighted by Crippen LogP contribution is -2.30. The van der Waals surface area contributed by atoms with E-state index in [2.05, 4.69) is 31.9 Å². The fourth-order valence-electron chi connectivity index (χ4n) is 0.757. The Bertz CT molecular complexity index is 419. The lowest BCUT2D eigenvalue weighted by molar-refractivity contribution is 0.583. The van der Waals surface area contributed by atoms with E-state index in [1.54, 1.807) is 17.0 Å². The van der Waals surface area contributed by atoms with Crippen LogP contribution in [0.5, 0.6) is 0 Å². The van der Waals surface area contributed by atoms with Gasteiger partial charge in [-0.05, 0) is 34.1 Å². The molecule has 0 heterocycles. The molecule has 0 saturated carbocycles. The molecule has 0 saturated heterocycles. The number of rotatable bonds is 2. The third-order valence-electron chi connectivity index (χ3n) is 1.34. The molecule has 0 aromatic heterocycles. The molecule has 1 rings (SSSR count). The largest absolute Gasteiger partial charge is 0.257 e. The van der Waals surface area contributed by atoms with E-state index in [0.717, 1.165) is 4.47 Å². The van der Waals surface area contributed by atoms with Gasteiger partial charge in [0.25, 0.3) is 10.0 Å². The minimum absolute atomic E-state index is 0.109. The zero-order valence-electron chi connectivity index (χ0n) is 6.29. The topological polar surface area (TPSA) is 72.2 Å². The van der Waals surface area contributed by atoms with Crippen molar-refractivity contribution in [3.05, 3.63) is 27.1 Å². The van der Waals surface area contributed by atoms with Crippen LogP contribution in [0.15, 0.2) is 32.0 Å². The number of nitrogens with two attached hydrogens (primary N) is 1. The van der Waals surface area contributed by atoms with Crippen LogP contribution in [0.25, 0.3) is 0 Å². The smallest absolute Gasteiger partial charge is 0.254 e. The summed E-state index contributed by atoms with van der Waals surface area (Å²) in [5, 5.41) is 0. The van der Waals surface area contributed by atoms with E-state index in [0.29, 0.717) is 4.47 Å². The van der Waals surface area contributed by atoms with Crippen LogP contribution in [0.4, 0.5) is 0 Å². The van der Waals surface area contributed by atoms with Gasteiger partial charge in [0.15, 0.2) is 0 Å². The predicted molar refractivity (Wildman–Crippen MR) is 56.4 cm³/mol. The van der Waals surface area contributed by atoms with Crippen molar-refractivity contribution >= 4 is 41.9 Å². The maximum Gasteiger partial charge on any atom is 0.254 e. The lowest BCUT2D eigenvalue weighted by atomic mass is 10.4. The first-order valence-electron chi connectivity index (χ1n) is 3.15. The van der Waals surface area contributed by atoms with Gasteiger partial charge in [-0.1, -0.05) is 15.9 Å². The molecule has 7 heteroatoms. The Labute approximate surface area is 92.8 Å². The summed E-state index contributed by atoms with van der Waals surface area (Å²) in [6.07, 6.45) is 0. The molecule has 0 aliphatic heterocycles. The second-order valence-electron chi connectivity index (χ2n) is 2.20. The van der Waals surface area contributed by atoms with Crippen molar-refractivity contribution in [1.82, 2.24) is 4.83 Å². The predicted octanol–water partition coefficient (Wildman–Crippen LogP) is 1.36. The number of halogens is 2. The van der Waals surface area contributed by atoms with Gasteiger partial charge in [-0.25, -0.2) is 8.42 Å². The first-order chi connectivity index (χ1) is 5.97. The molecule has 0 atom stereocenters. The zero-order valence-corrected chi connectivity index (χ0v) is 10.3. The molecule has 1 aromatic carbocycles. The normalized spacial score (nSPS) is 11.6. The SMILES string of the molecule is NNS(=O)(=O)c1ccc(Br)cc1Br. The summed E-state index contributed by atoms with van der Waals surface area (Å²) in [4.78, 5) is 1.85. The van der Waals surface area contributed by atoms with Crippen LogP contribution < -0.4 is 10.7 Å². The zero-order chi connectivity index (χ0) is 10.1. The van der Waals surface area contributed by atoms with E-state index in [-0.39, 0.29) is 4.90 Å². The Morgan fingerprint density at radius 1 is 1.31 bits per heavy atom. The number of hydrazine groups is 1. The first kappa shape index (κ1) is 11.1. The molecule has 72 valence electrons. The molecule has 0 bridgehead atoms. The number of hydrogen-bond acceptors (Lipinski definition) is 3. The summed E-state index contributed by atoms with van der Waals surface area (Å²) < 4.78 is 23.7. The standard InChI is InChI=1S/C6H6Br2N2O2S/c7-4-1-2-6(5(8)3-4)13(11,12)10-9/h1-3,10H,9H2. The highest BCUT2D eigenvalue weighted by atomic mass is 79.9. The Morgan fingerprint density at radius 3 is 2.38 bits per heavy atom. The van der Waals surface area contributed by atoms with Crippen molar-refractivity contribution in [3.63, 3.8) is 0 Å². The van der Waals surface area contributed by atoms with Crippen LogP contribution >= 0.6 is 31.9 Å². The van der Waals surface area contributed by atoms with E-state index < -0.39 is 10.0 Å². The molecule has 0 fully saturated rings. The molecule has 0 aliphatic rings. The lowest BCUT2D eigenvalue weighted by Gasteiger charge is -2.04. The first-order valence-corrected chi connectivity index (χ1v) is 6.22. The Kier molecular flexibility index (Phi) is 3.47. The maximum absolute atomic E-state index is 11.3. The summed E-state index contributed by atoms with van der Waals surface area (Å²) in [6, 6.07) is 4.70. The van der Waals surface area contributed by atoms with E-state index in [4.69, 9.17) is 5.84 Å². The molecule has 0 amide bonds. The summed E-state index contributed by atoms with van der Waals surface area (Å²) in [5.74, 6) is 4.87. The third kappa shape index (κ3) is 2.50. The highest BCUT2D eigenvalue weighted by Gasteiger charge is 2.15. The molecule has 3 N–H and O–H groups in total. The van der Waals surface area contributed by atoms with Crippen molar-refractivity contribution in [2.45, 2.75) is 4.90 Å². The molecular formula is C6H6Br2N2O2S. The van der Waals surface area contributed by atoms with Gasteiger partial charge in [0.2, 0.25) is 0 Å². The highest BCUT2D eigenvalue weighted by Crippen LogP contribution is 2.24. The molecule has 0 aliphatic carbocycles.